The van der Waals surface area contributed by atoms with Crippen molar-refractivity contribution in [2.75, 3.05) is 0 Å². The monoisotopic (exact) mass is 263 g/mol. The number of carbonyl (C=O) groups is 1. The summed E-state index contributed by atoms with van der Waals surface area (Å²) in [5, 5.41) is 10.7. The Morgan fingerprint density at radius 3 is 2.56 bits per heavy atom. The lowest BCUT2D eigenvalue weighted by Gasteiger charge is -2.23. The number of nitrogens with zero attached hydrogens (tertiary/aromatic N) is 1. The molecule has 3 nitrogen and oxygen atoms in total. The van der Waals surface area contributed by atoms with Crippen LogP contribution in [0, 0.1) is 0 Å². The summed E-state index contributed by atoms with van der Waals surface area (Å²) in [6.07, 6.45) is 1.42. The van der Waals surface area contributed by atoms with E-state index in [9.17, 15) is 9.90 Å². The molecule has 0 unspecified atom stereocenters. The molecule has 0 radical (unpaired) electrons. The fourth-order valence-corrected chi connectivity index (χ4v) is 2.31. The maximum absolute atomic E-state index is 11.3. The number of aromatic carboxylic acids is 1. The fourth-order valence-electron chi connectivity index (χ4n) is 2.13. The fraction of sp³-hybridized carbons (Fsp3) is 0.286. The van der Waals surface area contributed by atoms with Crippen molar-refractivity contribution in [3.8, 4) is 0 Å². The van der Waals surface area contributed by atoms with Gasteiger partial charge < -0.3 is 5.11 Å². The van der Waals surface area contributed by atoms with Crippen LogP contribution in [-0.4, -0.2) is 16.1 Å². The van der Waals surface area contributed by atoms with E-state index in [0.29, 0.717) is 5.02 Å². The molecule has 0 aliphatic heterocycles. The van der Waals surface area contributed by atoms with Gasteiger partial charge in [-0.15, -0.1) is 0 Å². The Morgan fingerprint density at radius 1 is 1.33 bits per heavy atom. The molecule has 0 atom stereocenters. The molecule has 0 spiro atoms. The molecular formula is C14H14ClNO2. The number of fused-ring (bicyclic) bond motifs is 1. The summed E-state index contributed by atoms with van der Waals surface area (Å²) >= 11 is 6.00. The smallest absolute Gasteiger partial charge is 0.337 e. The number of rotatable bonds is 1. The Kier molecular flexibility index (Phi) is 3.03. The number of pyridine rings is 1. The number of hydrogen-bond donors (Lipinski definition) is 1. The largest absolute Gasteiger partial charge is 0.478 e. The SMILES string of the molecule is CC(C)(C)c1c(C(=O)O)cnc2ccc(Cl)cc12. The van der Waals surface area contributed by atoms with Crippen LogP contribution in [0.15, 0.2) is 24.4 Å². The molecule has 2 aromatic rings. The van der Waals surface area contributed by atoms with Crippen LogP contribution in [-0.2, 0) is 5.41 Å². The molecule has 1 N–H and O–H groups in total. The Labute approximate surface area is 110 Å². The minimum Gasteiger partial charge on any atom is -0.478 e. The van der Waals surface area contributed by atoms with Gasteiger partial charge in [-0.1, -0.05) is 32.4 Å². The first-order chi connectivity index (χ1) is 8.30. The Balaban J connectivity index is 2.93. The summed E-state index contributed by atoms with van der Waals surface area (Å²) in [4.78, 5) is 15.5. The lowest BCUT2D eigenvalue weighted by Crippen LogP contribution is -2.18. The van der Waals surface area contributed by atoms with Gasteiger partial charge in [0.2, 0.25) is 0 Å². The van der Waals surface area contributed by atoms with E-state index in [1.54, 1.807) is 18.2 Å². The molecule has 0 amide bonds. The van der Waals surface area contributed by atoms with Crippen molar-refractivity contribution in [1.82, 2.24) is 4.98 Å². The predicted octanol–water partition coefficient (Wildman–Crippen LogP) is 3.88. The molecule has 0 aliphatic rings. The van der Waals surface area contributed by atoms with E-state index in [-0.39, 0.29) is 11.0 Å². The summed E-state index contributed by atoms with van der Waals surface area (Å²) in [5.41, 5.74) is 1.47. The zero-order valence-corrected chi connectivity index (χ0v) is 11.2. The maximum Gasteiger partial charge on any atom is 0.337 e. The highest BCUT2D eigenvalue weighted by molar-refractivity contribution is 6.31. The number of hydrogen-bond acceptors (Lipinski definition) is 2. The zero-order chi connectivity index (χ0) is 13.5. The Morgan fingerprint density at radius 2 is 2.00 bits per heavy atom. The van der Waals surface area contributed by atoms with E-state index in [2.05, 4.69) is 4.98 Å². The molecular weight excluding hydrogens is 250 g/mol. The quantitative estimate of drug-likeness (QED) is 0.849. The topological polar surface area (TPSA) is 50.2 Å². The zero-order valence-electron chi connectivity index (χ0n) is 10.5. The third kappa shape index (κ3) is 2.18. The average Bonchev–Trinajstić information content (AvgIpc) is 2.25. The van der Waals surface area contributed by atoms with Crippen molar-refractivity contribution in [3.63, 3.8) is 0 Å². The second-order valence-corrected chi connectivity index (χ2v) is 5.70. The molecule has 2 rings (SSSR count). The summed E-state index contributed by atoms with van der Waals surface area (Å²) in [5.74, 6) is -0.964. The van der Waals surface area contributed by atoms with Crippen LogP contribution in [0.2, 0.25) is 5.02 Å². The second kappa shape index (κ2) is 4.25. The van der Waals surface area contributed by atoms with Gasteiger partial charge in [0, 0.05) is 16.6 Å². The van der Waals surface area contributed by atoms with Crippen LogP contribution in [0.1, 0.15) is 36.7 Å². The normalized spacial score (nSPS) is 11.8. The van der Waals surface area contributed by atoms with Crippen molar-refractivity contribution < 1.29 is 9.90 Å². The summed E-state index contributed by atoms with van der Waals surface area (Å²) in [7, 11) is 0. The number of aromatic nitrogens is 1. The van der Waals surface area contributed by atoms with E-state index >= 15 is 0 Å². The van der Waals surface area contributed by atoms with E-state index in [1.807, 2.05) is 20.8 Å². The molecule has 0 saturated carbocycles. The van der Waals surface area contributed by atoms with E-state index in [4.69, 9.17) is 11.6 Å². The van der Waals surface area contributed by atoms with Gasteiger partial charge in [-0.05, 0) is 29.2 Å². The van der Waals surface area contributed by atoms with Gasteiger partial charge >= 0.3 is 5.97 Å². The number of halogens is 1. The molecule has 1 heterocycles. The summed E-state index contributed by atoms with van der Waals surface area (Å²) < 4.78 is 0. The van der Waals surface area contributed by atoms with Gasteiger partial charge in [0.05, 0.1) is 11.1 Å². The van der Waals surface area contributed by atoms with Crippen LogP contribution in [0.5, 0.6) is 0 Å². The van der Waals surface area contributed by atoms with Crippen LogP contribution in [0.25, 0.3) is 10.9 Å². The minimum atomic E-state index is -0.964. The Bertz CT molecular complexity index is 629. The van der Waals surface area contributed by atoms with Crippen LogP contribution < -0.4 is 0 Å². The van der Waals surface area contributed by atoms with Crippen LogP contribution >= 0.6 is 11.6 Å². The third-order valence-corrected chi connectivity index (χ3v) is 3.05. The van der Waals surface area contributed by atoms with Crippen molar-refractivity contribution in [1.29, 1.82) is 0 Å². The molecule has 0 bridgehead atoms. The van der Waals surface area contributed by atoms with Gasteiger partial charge in [0.15, 0.2) is 0 Å². The third-order valence-electron chi connectivity index (χ3n) is 2.81. The van der Waals surface area contributed by atoms with Gasteiger partial charge in [-0.25, -0.2) is 4.79 Å². The first kappa shape index (κ1) is 12.8. The van der Waals surface area contributed by atoms with Gasteiger partial charge in [-0.3, -0.25) is 4.98 Å². The first-order valence-electron chi connectivity index (χ1n) is 5.63. The number of benzene rings is 1. The predicted molar refractivity (Wildman–Crippen MR) is 72.4 cm³/mol. The maximum atomic E-state index is 11.3. The minimum absolute atomic E-state index is 0.234. The molecule has 1 aromatic heterocycles. The van der Waals surface area contributed by atoms with E-state index in [0.717, 1.165) is 16.5 Å². The molecule has 18 heavy (non-hydrogen) atoms. The van der Waals surface area contributed by atoms with Crippen molar-refractivity contribution in [2.24, 2.45) is 0 Å². The standard InChI is InChI=1S/C14H14ClNO2/c1-14(2,3)12-9-6-8(15)4-5-11(9)16-7-10(12)13(17)18/h4-7H,1-3H3,(H,17,18). The van der Waals surface area contributed by atoms with E-state index < -0.39 is 5.97 Å². The van der Waals surface area contributed by atoms with Crippen molar-refractivity contribution in [3.05, 3.63) is 40.5 Å². The lowest BCUT2D eigenvalue weighted by molar-refractivity contribution is 0.0694. The average molecular weight is 264 g/mol. The molecule has 0 fully saturated rings. The number of carboxylic acid groups (broad SMARTS) is 1. The molecule has 0 saturated heterocycles. The first-order valence-corrected chi connectivity index (χ1v) is 6.00. The van der Waals surface area contributed by atoms with Crippen molar-refractivity contribution in [2.45, 2.75) is 26.2 Å². The second-order valence-electron chi connectivity index (χ2n) is 5.26. The highest BCUT2D eigenvalue weighted by atomic mass is 35.5. The number of carboxylic acids is 1. The molecule has 4 heteroatoms. The van der Waals surface area contributed by atoms with E-state index in [1.165, 1.54) is 6.20 Å². The Hall–Kier alpha value is -1.61. The van der Waals surface area contributed by atoms with Gasteiger partial charge in [0.1, 0.15) is 0 Å². The van der Waals surface area contributed by atoms with Gasteiger partial charge in [-0.2, -0.15) is 0 Å². The summed E-state index contributed by atoms with van der Waals surface area (Å²) in [6.45, 7) is 5.94. The van der Waals surface area contributed by atoms with Gasteiger partial charge in [0.25, 0.3) is 0 Å². The van der Waals surface area contributed by atoms with Crippen molar-refractivity contribution >= 4 is 28.5 Å². The highest BCUT2D eigenvalue weighted by Crippen LogP contribution is 2.33. The molecule has 94 valence electrons. The molecule has 0 aliphatic carbocycles. The van der Waals surface area contributed by atoms with Crippen LogP contribution in [0.3, 0.4) is 0 Å². The summed E-state index contributed by atoms with van der Waals surface area (Å²) in [6, 6.07) is 5.33. The lowest BCUT2D eigenvalue weighted by atomic mass is 9.82. The highest BCUT2D eigenvalue weighted by Gasteiger charge is 2.24. The molecule has 1 aromatic carbocycles. The van der Waals surface area contributed by atoms with Crippen LogP contribution in [0.4, 0.5) is 0 Å².